The van der Waals surface area contributed by atoms with E-state index in [4.69, 9.17) is 15.2 Å². The van der Waals surface area contributed by atoms with Gasteiger partial charge >= 0.3 is 5.97 Å². The van der Waals surface area contributed by atoms with Gasteiger partial charge < -0.3 is 20.5 Å². The van der Waals surface area contributed by atoms with Crippen molar-refractivity contribution < 1.29 is 23.9 Å². The van der Waals surface area contributed by atoms with Gasteiger partial charge in [-0.3, -0.25) is 9.59 Å². The summed E-state index contributed by atoms with van der Waals surface area (Å²) in [5.74, 6) is -1.41. The van der Waals surface area contributed by atoms with E-state index in [0.29, 0.717) is 34.3 Å². The first-order valence-corrected chi connectivity index (χ1v) is 10.1. The van der Waals surface area contributed by atoms with E-state index in [-0.39, 0.29) is 29.2 Å². The molecule has 1 aromatic rings. The Kier molecular flexibility index (Phi) is 4.38. The van der Waals surface area contributed by atoms with Crippen LogP contribution in [0.5, 0.6) is 0 Å². The van der Waals surface area contributed by atoms with Gasteiger partial charge in [0.2, 0.25) is 11.8 Å². The molecule has 1 amide bonds. The molecule has 1 aromatic carbocycles. The number of allylic oxidation sites excluding steroid dienone is 1. The third-order valence-corrected chi connectivity index (χ3v) is 5.67. The highest BCUT2D eigenvalue weighted by molar-refractivity contribution is 9.10. The number of carbonyl (C=O) groups is 3. The highest BCUT2D eigenvalue weighted by atomic mass is 79.9. The largest absolute Gasteiger partial charge is 0.456 e. The third kappa shape index (κ3) is 2.88. The quantitative estimate of drug-likeness (QED) is 0.623. The molecule has 2 aliphatic heterocycles. The fourth-order valence-electron chi connectivity index (χ4n) is 4.18. The summed E-state index contributed by atoms with van der Waals surface area (Å²) >= 11 is 3.42. The number of halogens is 1. The van der Waals surface area contributed by atoms with Gasteiger partial charge in [-0.25, -0.2) is 4.79 Å². The van der Waals surface area contributed by atoms with Gasteiger partial charge in [0.05, 0.1) is 5.57 Å². The Bertz CT molecular complexity index is 1030. The number of rotatable bonds is 1. The van der Waals surface area contributed by atoms with E-state index in [2.05, 4.69) is 21.2 Å². The average Bonchev–Trinajstić information content (AvgIpc) is 2.86. The van der Waals surface area contributed by atoms with Gasteiger partial charge in [0.25, 0.3) is 0 Å². The van der Waals surface area contributed by atoms with Crippen LogP contribution < -0.4 is 11.1 Å². The lowest BCUT2D eigenvalue weighted by Crippen LogP contribution is -2.49. The predicted molar refractivity (Wildman–Crippen MR) is 108 cm³/mol. The Balaban J connectivity index is 2.05. The number of hydrogen-bond donors (Lipinski definition) is 2. The van der Waals surface area contributed by atoms with Crippen molar-refractivity contribution in [3.8, 4) is 0 Å². The summed E-state index contributed by atoms with van der Waals surface area (Å²) in [6, 6.07) is 5.22. The summed E-state index contributed by atoms with van der Waals surface area (Å²) < 4.78 is 12.0. The molecule has 1 spiro atoms. The van der Waals surface area contributed by atoms with Crippen molar-refractivity contribution in [3.05, 3.63) is 51.0 Å². The number of ether oxygens (including phenoxy) is 2. The number of esters is 1. The normalized spacial score (nSPS) is 23.6. The minimum atomic E-state index is -1.70. The first kappa shape index (κ1) is 19.7. The predicted octanol–water partition coefficient (Wildman–Crippen LogP) is 3.19. The van der Waals surface area contributed by atoms with E-state index in [1.54, 1.807) is 39.0 Å². The molecule has 8 heteroatoms. The molecule has 1 atom stereocenters. The van der Waals surface area contributed by atoms with Crippen molar-refractivity contribution in [1.82, 2.24) is 0 Å². The van der Waals surface area contributed by atoms with Gasteiger partial charge in [-0.2, -0.15) is 0 Å². The van der Waals surface area contributed by atoms with E-state index >= 15 is 0 Å². The number of nitrogens with two attached hydrogens (primary N) is 1. The smallest absolute Gasteiger partial charge is 0.341 e. The Morgan fingerprint density at radius 1 is 1.28 bits per heavy atom. The zero-order chi connectivity index (χ0) is 21.1. The third-order valence-electron chi connectivity index (χ3n) is 5.17. The number of fused-ring (bicyclic) bond motifs is 3. The number of carbonyl (C=O) groups excluding carboxylic acids is 3. The lowest BCUT2D eigenvalue weighted by atomic mass is 9.64. The van der Waals surface area contributed by atoms with Gasteiger partial charge in [0.1, 0.15) is 22.3 Å². The van der Waals surface area contributed by atoms with Gasteiger partial charge in [0, 0.05) is 28.6 Å². The van der Waals surface area contributed by atoms with Crippen LogP contribution in [0.3, 0.4) is 0 Å². The first-order chi connectivity index (χ1) is 13.6. The summed E-state index contributed by atoms with van der Waals surface area (Å²) in [6.07, 6.45) is 1.32. The van der Waals surface area contributed by atoms with Gasteiger partial charge in [0.15, 0.2) is 5.78 Å². The molecule has 3 N–H and O–H groups in total. The number of benzene rings is 1. The molecule has 0 radical (unpaired) electrons. The SMILES string of the molecule is CC(C)(C)OC(=O)C1=C(N)OC2=C(C(=O)CCC2)[C@@]12C(=O)Nc1ccc(Br)cc12. The van der Waals surface area contributed by atoms with Crippen molar-refractivity contribution in [1.29, 1.82) is 0 Å². The second-order valence-electron chi connectivity index (χ2n) is 8.31. The van der Waals surface area contributed by atoms with Crippen LogP contribution in [0.25, 0.3) is 0 Å². The molecule has 1 aliphatic carbocycles. The number of nitrogens with one attached hydrogen (secondary N) is 1. The summed E-state index contributed by atoms with van der Waals surface area (Å²) in [7, 11) is 0. The lowest BCUT2D eigenvalue weighted by Gasteiger charge is -2.39. The van der Waals surface area contributed by atoms with Crippen LogP contribution in [-0.4, -0.2) is 23.3 Å². The minimum Gasteiger partial charge on any atom is -0.456 e. The molecule has 7 nitrogen and oxygen atoms in total. The second kappa shape index (κ2) is 6.45. The fraction of sp³-hybridized carbons (Fsp3) is 0.381. The fourth-order valence-corrected chi connectivity index (χ4v) is 4.54. The van der Waals surface area contributed by atoms with Gasteiger partial charge in [-0.1, -0.05) is 15.9 Å². The van der Waals surface area contributed by atoms with E-state index in [0.717, 1.165) is 0 Å². The first-order valence-electron chi connectivity index (χ1n) is 9.35. The van der Waals surface area contributed by atoms with Gasteiger partial charge in [-0.05, 0) is 45.4 Å². The van der Waals surface area contributed by atoms with E-state index in [9.17, 15) is 14.4 Å². The van der Waals surface area contributed by atoms with Crippen LogP contribution in [-0.2, 0) is 29.3 Å². The molecule has 0 bridgehead atoms. The number of ketones is 1. The molecule has 29 heavy (non-hydrogen) atoms. The molecule has 4 rings (SSSR count). The van der Waals surface area contributed by atoms with Crippen molar-refractivity contribution in [2.24, 2.45) is 5.73 Å². The van der Waals surface area contributed by atoms with E-state index in [1.165, 1.54) is 0 Å². The van der Waals surface area contributed by atoms with Crippen molar-refractivity contribution in [2.75, 3.05) is 5.32 Å². The highest BCUT2D eigenvalue weighted by Crippen LogP contribution is 2.54. The monoisotopic (exact) mass is 460 g/mol. The second-order valence-corrected chi connectivity index (χ2v) is 9.23. The topological polar surface area (TPSA) is 108 Å². The van der Waals surface area contributed by atoms with Crippen LogP contribution >= 0.6 is 15.9 Å². The lowest BCUT2D eigenvalue weighted by molar-refractivity contribution is -0.151. The summed E-state index contributed by atoms with van der Waals surface area (Å²) in [4.78, 5) is 39.8. The molecule has 0 saturated carbocycles. The van der Waals surface area contributed by atoms with Gasteiger partial charge in [-0.15, -0.1) is 0 Å². The Morgan fingerprint density at radius 3 is 2.69 bits per heavy atom. The number of anilines is 1. The molecule has 0 aromatic heterocycles. The maximum absolute atomic E-state index is 13.5. The number of hydrogen-bond acceptors (Lipinski definition) is 6. The molecular formula is C21H21BrN2O5. The molecule has 152 valence electrons. The standard InChI is InChI=1S/C21H21BrN2O5/c1-20(2,3)29-18(26)16-17(23)28-14-6-4-5-13(25)15(14)21(16)11-9-10(22)7-8-12(11)24-19(21)27/h7-9H,4-6,23H2,1-3H3,(H,24,27)/t21-/m1/s1. The number of Topliss-reactive ketones (excluding diaryl/α,β-unsaturated/α-hetero) is 1. The van der Waals surface area contributed by atoms with Crippen LogP contribution in [0.1, 0.15) is 45.6 Å². The molecule has 0 fully saturated rings. The van der Waals surface area contributed by atoms with E-state index < -0.39 is 22.9 Å². The molecular weight excluding hydrogens is 440 g/mol. The molecule has 2 heterocycles. The Hall–Kier alpha value is -2.61. The zero-order valence-corrected chi connectivity index (χ0v) is 17.9. The summed E-state index contributed by atoms with van der Waals surface area (Å²) in [6.45, 7) is 5.15. The molecule has 0 saturated heterocycles. The maximum atomic E-state index is 13.5. The van der Waals surface area contributed by atoms with E-state index in [1.807, 2.05) is 0 Å². The maximum Gasteiger partial charge on any atom is 0.341 e. The Labute approximate surface area is 176 Å². The summed E-state index contributed by atoms with van der Waals surface area (Å²) in [5, 5.41) is 2.81. The summed E-state index contributed by atoms with van der Waals surface area (Å²) in [5.41, 5.74) is 4.67. The zero-order valence-electron chi connectivity index (χ0n) is 16.3. The van der Waals surface area contributed by atoms with Crippen molar-refractivity contribution in [3.63, 3.8) is 0 Å². The van der Waals surface area contributed by atoms with Crippen LogP contribution in [0.15, 0.2) is 45.5 Å². The number of amides is 1. The van der Waals surface area contributed by atoms with Crippen LogP contribution in [0, 0.1) is 0 Å². The van der Waals surface area contributed by atoms with Crippen molar-refractivity contribution in [2.45, 2.75) is 51.0 Å². The van der Waals surface area contributed by atoms with Crippen LogP contribution in [0.4, 0.5) is 5.69 Å². The highest BCUT2D eigenvalue weighted by Gasteiger charge is 2.62. The minimum absolute atomic E-state index is 0.157. The molecule has 3 aliphatic rings. The average molecular weight is 461 g/mol. The van der Waals surface area contributed by atoms with Crippen LogP contribution in [0.2, 0.25) is 0 Å². The molecule has 0 unspecified atom stereocenters. The Morgan fingerprint density at radius 2 is 2.00 bits per heavy atom. The van der Waals surface area contributed by atoms with Crippen molar-refractivity contribution >= 4 is 39.3 Å².